The molecular formula is C18H26N2O3. The number of hydrogen-bond acceptors (Lipinski definition) is 3. The number of esters is 1. The minimum atomic E-state index is -0.450. The van der Waals surface area contributed by atoms with Crippen molar-refractivity contribution in [3.63, 3.8) is 0 Å². The van der Waals surface area contributed by atoms with Crippen LogP contribution < -0.4 is 10.6 Å². The van der Waals surface area contributed by atoms with Gasteiger partial charge < -0.3 is 15.4 Å². The molecule has 0 bridgehead atoms. The van der Waals surface area contributed by atoms with E-state index in [9.17, 15) is 9.59 Å². The van der Waals surface area contributed by atoms with Crippen LogP contribution in [-0.4, -0.2) is 25.2 Å². The highest BCUT2D eigenvalue weighted by Gasteiger charge is 2.05. The number of ether oxygens (including phenoxy) is 1. The number of urea groups is 1. The second-order valence-electron chi connectivity index (χ2n) is 5.58. The van der Waals surface area contributed by atoms with E-state index in [1.165, 1.54) is 5.56 Å². The molecule has 5 nitrogen and oxygen atoms in total. The first-order chi connectivity index (χ1) is 10.9. The molecule has 1 aromatic carbocycles. The van der Waals surface area contributed by atoms with E-state index in [1.54, 1.807) is 6.92 Å². The van der Waals surface area contributed by atoms with Gasteiger partial charge in [0.25, 0.3) is 0 Å². The summed E-state index contributed by atoms with van der Waals surface area (Å²) in [6.07, 6.45) is 1.11. The lowest BCUT2D eigenvalue weighted by Gasteiger charge is -2.11. The van der Waals surface area contributed by atoms with Crippen molar-refractivity contribution in [2.45, 2.75) is 39.7 Å². The summed E-state index contributed by atoms with van der Waals surface area (Å²) in [6, 6.07) is 7.95. The summed E-state index contributed by atoms with van der Waals surface area (Å²) in [6.45, 7) is 10.3. The van der Waals surface area contributed by atoms with Gasteiger partial charge in [-0.05, 0) is 30.4 Å². The molecular weight excluding hydrogens is 292 g/mol. The lowest BCUT2D eigenvalue weighted by Crippen LogP contribution is -2.37. The first kappa shape index (κ1) is 18.7. The molecule has 0 aliphatic carbocycles. The molecule has 0 spiro atoms. The predicted molar refractivity (Wildman–Crippen MR) is 91.2 cm³/mol. The van der Waals surface area contributed by atoms with E-state index in [0.717, 1.165) is 12.0 Å². The average Bonchev–Trinajstić information content (AvgIpc) is 2.56. The number of hydrogen-bond donors (Lipinski definition) is 2. The van der Waals surface area contributed by atoms with Gasteiger partial charge in [0.15, 0.2) is 0 Å². The summed E-state index contributed by atoms with van der Waals surface area (Å²) in [4.78, 5) is 22.8. The van der Waals surface area contributed by atoms with Gasteiger partial charge in [-0.3, -0.25) is 0 Å². The number of carbonyl (C=O) groups excluding carboxylic acids is 2. The Morgan fingerprint density at radius 3 is 2.43 bits per heavy atom. The van der Waals surface area contributed by atoms with Crippen LogP contribution in [0, 0.1) is 0 Å². The van der Waals surface area contributed by atoms with E-state index in [-0.39, 0.29) is 19.2 Å². The number of rotatable bonds is 8. The van der Waals surface area contributed by atoms with Gasteiger partial charge in [-0.2, -0.15) is 0 Å². The van der Waals surface area contributed by atoms with E-state index >= 15 is 0 Å². The summed E-state index contributed by atoms with van der Waals surface area (Å²) in [5.41, 5.74) is 2.69. The van der Waals surface area contributed by atoms with Crippen LogP contribution in [0.3, 0.4) is 0 Å². The zero-order chi connectivity index (χ0) is 17.2. The van der Waals surface area contributed by atoms with Crippen molar-refractivity contribution in [2.75, 3.05) is 13.2 Å². The van der Waals surface area contributed by atoms with Crippen LogP contribution in [0.2, 0.25) is 0 Å². The molecule has 5 heteroatoms. The molecule has 0 radical (unpaired) electrons. The molecule has 1 aromatic rings. The van der Waals surface area contributed by atoms with Crippen LogP contribution in [0.4, 0.5) is 4.79 Å². The maximum absolute atomic E-state index is 11.6. The maximum atomic E-state index is 11.6. The topological polar surface area (TPSA) is 67.4 Å². The fourth-order valence-electron chi connectivity index (χ4n) is 1.88. The Hall–Kier alpha value is -2.30. The summed E-state index contributed by atoms with van der Waals surface area (Å²) in [5.74, 6) is 0.0934. The Kier molecular flexibility index (Phi) is 7.88. The highest BCUT2D eigenvalue weighted by Crippen LogP contribution is 2.18. The molecule has 126 valence electrons. The molecule has 0 heterocycles. The SMILES string of the molecule is C=C(C)C(=O)OCCNC(=O)NCc1ccc(C(C)CC)cc1. The smallest absolute Gasteiger partial charge is 0.333 e. The van der Waals surface area contributed by atoms with Crippen LogP contribution >= 0.6 is 0 Å². The van der Waals surface area contributed by atoms with Gasteiger partial charge in [0.05, 0.1) is 6.54 Å². The maximum Gasteiger partial charge on any atom is 0.333 e. The van der Waals surface area contributed by atoms with E-state index in [4.69, 9.17) is 4.74 Å². The van der Waals surface area contributed by atoms with Gasteiger partial charge in [-0.25, -0.2) is 9.59 Å². The zero-order valence-electron chi connectivity index (χ0n) is 14.1. The predicted octanol–water partition coefficient (Wildman–Crippen LogP) is 3.12. The largest absolute Gasteiger partial charge is 0.460 e. The van der Waals surface area contributed by atoms with E-state index in [1.807, 2.05) is 12.1 Å². The lowest BCUT2D eigenvalue weighted by atomic mass is 9.98. The second-order valence-corrected chi connectivity index (χ2v) is 5.58. The van der Waals surface area contributed by atoms with Crippen molar-refractivity contribution in [1.82, 2.24) is 10.6 Å². The molecule has 0 saturated carbocycles. The first-order valence-corrected chi connectivity index (χ1v) is 7.87. The summed E-state index contributed by atoms with van der Waals surface area (Å²) in [7, 11) is 0. The van der Waals surface area contributed by atoms with Crippen molar-refractivity contribution < 1.29 is 14.3 Å². The fourth-order valence-corrected chi connectivity index (χ4v) is 1.88. The normalized spacial score (nSPS) is 11.4. The first-order valence-electron chi connectivity index (χ1n) is 7.87. The molecule has 1 atom stereocenters. The Morgan fingerprint density at radius 2 is 1.87 bits per heavy atom. The van der Waals surface area contributed by atoms with Crippen molar-refractivity contribution in [1.29, 1.82) is 0 Å². The summed E-state index contributed by atoms with van der Waals surface area (Å²) >= 11 is 0. The van der Waals surface area contributed by atoms with Crippen LogP contribution in [0.1, 0.15) is 44.2 Å². The van der Waals surface area contributed by atoms with Crippen molar-refractivity contribution in [2.24, 2.45) is 0 Å². The van der Waals surface area contributed by atoms with E-state index in [2.05, 4.69) is 43.2 Å². The average molecular weight is 318 g/mol. The Bertz CT molecular complexity index is 538. The molecule has 1 rings (SSSR count). The third-order valence-corrected chi connectivity index (χ3v) is 3.58. The van der Waals surface area contributed by atoms with Gasteiger partial charge in [0.1, 0.15) is 6.61 Å². The Balaban J connectivity index is 2.25. The van der Waals surface area contributed by atoms with Crippen LogP contribution in [0.15, 0.2) is 36.4 Å². The van der Waals surface area contributed by atoms with Gasteiger partial charge in [0.2, 0.25) is 0 Å². The highest BCUT2D eigenvalue weighted by molar-refractivity contribution is 5.86. The van der Waals surface area contributed by atoms with Crippen molar-refractivity contribution in [3.05, 3.63) is 47.5 Å². The molecule has 1 unspecified atom stereocenters. The fraction of sp³-hybridized carbons (Fsp3) is 0.444. The third kappa shape index (κ3) is 7.00. The molecule has 0 aliphatic heterocycles. The zero-order valence-corrected chi connectivity index (χ0v) is 14.1. The molecule has 0 saturated heterocycles. The standard InChI is InChI=1S/C18H26N2O3/c1-5-14(4)16-8-6-15(7-9-16)12-20-18(22)19-10-11-23-17(21)13(2)3/h6-9,14H,2,5,10-12H2,1,3-4H3,(H2,19,20,22). The molecule has 2 amide bonds. The quantitative estimate of drug-likeness (QED) is 0.440. The molecule has 2 N–H and O–H groups in total. The highest BCUT2D eigenvalue weighted by atomic mass is 16.5. The molecule has 0 fully saturated rings. The van der Waals surface area contributed by atoms with E-state index in [0.29, 0.717) is 18.0 Å². The summed E-state index contributed by atoms with van der Waals surface area (Å²) in [5, 5.41) is 5.39. The van der Waals surface area contributed by atoms with Crippen LogP contribution in [-0.2, 0) is 16.1 Å². The summed E-state index contributed by atoms with van der Waals surface area (Å²) < 4.78 is 4.88. The lowest BCUT2D eigenvalue weighted by molar-refractivity contribution is -0.138. The van der Waals surface area contributed by atoms with Crippen LogP contribution in [0.25, 0.3) is 0 Å². The monoisotopic (exact) mass is 318 g/mol. The van der Waals surface area contributed by atoms with Gasteiger partial charge >= 0.3 is 12.0 Å². The van der Waals surface area contributed by atoms with Gasteiger partial charge in [-0.1, -0.05) is 44.7 Å². The van der Waals surface area contributed by atoms with Gasteiger partial charge in [0, 0.05) is 12.1 Å². The minimum absolute atomic E-state index is 0.128. The van der Waals surface area contributed by atoms with Gasteiger partial charge in [-0.15, -0.1) is 0 Å². The molecule has 0 aromatic heterocycles. The minimum Gasteiger partial charge on any atom is -0.460 e. The van der Waals surface area contributed by atoms with Crippen molar-refractivity contribution >= 4 is 12.0 Å². The number of amides is 2. The Morgan fingerprint density at radius 1 is 1.22 bits per heavy atom. The third-order valence-electron chi connectivity index (χ3n) is 3.58. The molecule has 23 heavy (non-hydrogen) atoms. The van der Waals surface area contributed by atoms with Crippen molar-refractivity contribution in [3.8, 4) is 0 Å². The van der Waals surface area contributed by atoms with Crippen LogP contribution in [0.5, 0.6) is 0 Å². The Labute approximate surface area is 138 Å². The molecule has 0 aliphatic rings. The number of nitrogens with one attached hydrogen (secondary N) is 2. The number of benzene rings is 1. The van der Waals surface area contributed by atoms with E-state index < -0.39 is 5.97 Å². The number of carbonyl (C=O) groups is 2. The second kappa shape index (κ2) is 9.66.